The van der Waals surface area contributed by atoms with Crippen LogP contribution in [-0.2, 0) is 11.0 Å². The molecule has 2 aromatic carbocycles. The third-order valence-electron chi connectivity index (χ3n) is 4.71. The van der Waals surface area contributed by atoms with Crippen molar-refractivity contribution in [2.24, 2.45) is 0 Å². The van der Waals surface area contributed by atoms with E-state index in [4.69, 9.17) is 11.6 Å². The van der Waals surface area contributed by atoms with Crippen LogP contribution in [0.5, 0.6) is 0 Å². The van der Waals surface area contributed by atoms with Crippen molar-refractivity contribution in [1.82, 2.24) is 14.6 Å². The molecule has 1 N–H and O–H groups in total. The van der Waals surface area contributed by atoms with Crippen LogP contribution < -0.4 is 5.32 Å². The topological polar surface area (TPSA) is 59.3 Å². The van der Waals surface area contributed by atoms with Crippen LogP contribution in [0, 0.1) is 0 Å². The maximum atomic E-state index is 13.0. The second-order valence-corrected chi connectivity index (χ2v) is 8.34. The molecule has 0 aliphatic rings. The number of aromatic nitrogens is 3. The zero-order chi connectivity index (χ0) is 22.2. The van der Waals surface area contributed by atoms with Gasteiger partial charge in [-0.1, -0.05) is 48.5 Å². The van der Waals surface area contributed by atoms with Crippen LogP contribution >= 0.6 is 23.4 Å². The van der Waals surface area contributed by atoms with E-state index in [9.17, 15) is 18.0 Å². The molecule has 10 heteroatoms. The molecule has 1 unspecified atom stereocenters. The van der Waals surface area contributed by atoms with Crippen molar-refractivity contribution in [3.63, 3.8) is 0 Å². The van der Waals surface area contributed by atoms with E-state index in [1.165, 1.54) is 11.8 Å². The Morgan fingerprint density at radius 1 is 1.16 bits per heavy atom. The molecule has 0 spiro atoms. The average molecular weight is 465 g/mol. The molecule has 4 aromatic rings. The fraction of sp³-hybridized carbons (Fsp3) is 0.190. The van der Waals surface area contributed by atoms with Crippen LogP contribution in [0.3, 0.4) is 0 Å². The molecule has 0 aliphatic heterocycles. The fourth-order valence-corrected chi connectivity index (χ4v) is 4.29. The van der Waals surface area contributed by atoms with Gasteiger partial charge in [0, 0.05) is 0 Å². The van der Waals surface area contributed by atoms with Crippen LogP contribution in [0.2, 0.25) is 5.02 Å². The minimum absolute atomic E-state index is 0.0279. The van der Waals surface area contributed by atoms with Gasteiger partial charge in [0.05, 0.1) is 27.0 Å². The molecule has 0 fully saturated rings. The number of benzene rings is 2. The SMILES string of the molecule is CCC(Sc1nnc2ccc3ccccc3n12)C(=O)Nc1cc(C(F)(F)F)ccc1Cl. The Morgan fingerprint density at radius 2 is 1.94 bits per heavy atom. The molecule has 4 rings (SSSR count). The van der Waals surface area contributed by atoms with E-state index in [2.05, 4.69) is 15.5 Å². The van der Waals surface area contributed by atoms with Crippen molar-refractivity contribution in [1.29, 1.82) is 0 Å². The molecule has 0 saturated heterocycles. The van der Waals surface area contributed by atoms with Crippen molar-refractivity contribution in [3.05, 3.63) is 65.2 Å². The summed E-state index contributed by atoms with van der Waals surface area (Å²) in [6.07, 6.45) is -4.11. The summed E-state index contributed by atoms with van der Waals surface area (Å²) in [5.74, 6) is -0.467. The van der Waals surface area contributed by atoms with Gasteiger partial charge in [0.25, 0.3) is 0 Å². The van der Waals surface area contributed by atoms with Crippen LogP contribution in [0.25, 0.3) is 16.6 Å². The number of anilines is 1. The van der Waals surface area contributed by atoms with E-state index in [0.29, 0.717) is 17.2 Å². The molecule has 0 radical (unpaired) electrons. The Morgan fingerprint density at radius 3 is 2.68 bits per heavy atom. The first-order valence-corrected chi connectivity index (χ1v) is 10.6. The lowest BCUT2D eigenvalue weighted by molar-refractivity contribution is -0.137. The van der Waals surface area contributed by atoms with Crippen LogP contribution in [0.1, 0.15) is 18.9 Å². The van der Waals surface area contributed by atoms with Gasteiger partial charge in [-0.3, -0.25) is 9.20 Å². The Hall–Kier alpha value is -2.78. The highest BCUT2D eigenvalue weighted by Gasteiger charge is 2.31. The number of carbonyl (C=O) groups excluding carboxylic acids is 1. The number of alkyl halides is 3. The molecule has 160 valence electrons. The van der Waals surface area contributed by atoms with Gasteiger partial charge in [-0.15, -0.1) is 10.2 Å². The van der Waals surface area contributed by atoms with Crippen molar-refractivity contribution in [3.8, 4) is 0 Å². The molecule has 0 saturated carbocycles. The van der Waals surface area contributed by atoms with E-state index in [1.54, 1.807) is 0 Å². The normalized spacial score (nSPS) is 12.9. The summed E-state index contributed by atoms with van der Waals surface area (Å²) >= 11 is 7.20. The number of amides is 1. The summed E-state index contributed by atoms with van der Waals surface area (Å²) in [7, 11) is 0. The van der Waals surface area contributed by atoms with E-state index < -0.39 is 22.9 Å². The maximum absolute atomic E-state index is 13.0. The minimum Gasteiger partial charge on any atom is -0.324 e. The summed E-state index contributed by atoms with van der Waals surface area (Å²) in [6, 6.07) is 14.3. The van der Waals surface area contributed by atoms with E-state index in [-0.39, 0.29) is 10.7 Å². The van der Waals surface area contributed by atoms with E-state index >= 15 is 0 Å². The quantitative estimate of drug-likeness (QED) is 0.364. The number of carbonyl (C=O) groups is 1. The number of para-hydroxylation sites is 1. The van der Waals surface area contributed by atoms with Crippen LogP contribution in [0.4, 0.5) is 18.9 Å². The van der Waals surface area contributed by atoms with Gasteiger partial charge in [0.15, 0.2) is 10.8 Å². The van der Waals surface area contributed by atoms with Gasteiger partial charge < -0.3 is 5.32 Å². The first-order valence-electron chi connectivity index (χ1n) is 9.35. The Bertz CT molecular complexity index is 1270. The van der Waals surface area contributed by atoms with Crippen molar-refractivity contribution >= 4 is 51.5 Å². The first kappa shape index (κ1) is 21.5. The maximum Gasteiger partial charge on any atom is 0.416 e. The van der Waals surface area contributed by atoms with Gasteiger partial charge in [0.1, 0.15) is 0 Å². The number of nitrogens with one attached hydrogen (secondary N) is 1. The third-order valence-corrected chi connectivity index (χ3v) is 6.35. The lowest BCUT2D eigenvalue weighted by atomic mass is 10.2. The summed E-state index contributed by atoms with van der Waals surface area (Å²) < 4.78 is 40.9. The Kier molecular flexibility index (Phi) is 5.81. The smallest absolute Gasteiger partial charge is 0.324 e. The van der Waals surface area contributed by atoms with Crippen molar-refractivity contribution < 1.29 is 18.0 Å². The van der Waals surface area contributed by atoms with Crippen LogP contribution in [0.15, 0.2) is 59.8 Å². The predicted octanol–water partition coefficient (Wildman–Crippen LogP) is 6.06. The molecule has 5 nitrogen and oxygen atoms in total. The second kappa shape index (κ2) is 8.39. The predicted molar refractivity (Wildman–Crippen MR) is 116 cm³/mol. The van der Waals surface area contributed by atoms with Crippen LogP contribution in [-0.4, -0.2) is 25.8 Å². The molecule has 2 aromatic heterocycles. The number of fused-ring (bicyclic) bond motifs is 3. The van der Waals surface area contributed by atoms with Crippen molar-refractivity contribution in [2.45, 2.75) is 29.9 Å². The molecule has 2 heterocycles. The highest BCUT2D eigenvalue weighted by molar-refractivity contribution is 8.00. The van der Waals surface area contributed by atoms with E-state index in [0.717, 1.165) is 29.1 Å². The number of thioether (sulfide) groups is 1. The largest absolute Gasteiger partial charge is 0.416 e. The number of pyridine rings is 1. The standard InChI is InChI=1S/C21H16ClF3N4OS/c1-2-17(19(30)26-15-11-13(21(23,24)25)8-9-14(15)22)31-20-28-27-18-10-7-12-5-3-4-6-16(12)29(18)20/h3-11,17H,2H2,1H3,(H,26,30). The average Bonchev–Trinajstić information content (AvgIpc) is 3.16. The van der Waals surface area contributed by atoms with Gasteiger partial charge >= 0.3 is 6.18 Å². The first-order chi connectivity index (χ1) is 14.8. The fourth-order valence-electron chi connectivity index (χ4n) is 3.15. The second-order valence-electron chi connectivity index (χ2n) is 6.76. The number of nitrogens with zero attached hydrogens (tertiary/aromatic N) is 3. The lowest BCUT2D eigenvalue weighted by Crippen LogP contribution is -2.25. The highest BCUT2D eigenvalue weighted by atomic mass is 35.5. The van der Waals surface area contributed by atoms with Gasteiger partial charge in [-0.2, -0.15) is 13.2 Å². The summed E-state index contributed by atoms with van der Waals surface area (Å²) in [5, 5.41) is 11.8. The zero-order valence-electron chi connectivity index (χ0n) is 16.2. The van der Waals surface area contributed by atoms with E-state index in [1.807, 2.05) is 47.7 Å². The summed E-state index contributed by atoms with van der Waals surface area (Å²) in [4.78, 5) is 12.9. The number of hydrogen-bond acceptors (Lipinski definition) is 4. The third kappa shape index (κ3) is 4.33. The monoisotopic (exact) mass is 464 g/mol. The Balaban J connectivity index is 1.62. The summed E-state index contributed by atoms with van der Waals surface area (Å²) in [6.45, 7) is 1.81. The van der Waals surface area contributed by atoms with Crippen molar-refractivity contribution in [2.75, 3.05) is 5.32 Å². The number of halogens is 4. The molecule has 1 amide bonds. The minimum atomic E-state index is -4.54. The van der Waals surface area contributed by atoms with Gasteiger partial charge in [-0.05, 0) is 48.2 Å². The Labute approximate surface area is 184 Å². The zero-order valence-corrected chi connectivity index (χ0v) is 17.7. The molecule has 0 aliphatic carbocycles. The van der Waals surface area contributed by atoms with Gasteiger partial charge in [0.2, 0.25) is 5.91 Å². The number of hydrogen-bond donors (Lipinski definition) is 1. The molecule has 1 atom stereocenters. The molecule has 0 bridgehead atoms. The number of rotatable bonds is 5. The summed E-state index contributed by atoms with van der Waals surface area (Å²) in [5.41, 5.74) is 0.556. The molecular weight excluding hydrogens is 449 g/mol. The van der Waals surface area contributed by atoms with Gasteiger partial charge in [-0.25, -0.2) is 0 Å². The highest BCUT2D eigenvalue weighted by Crippen LogP contribution is 2.35. The molecule has 31 heavy (non-hydrogen) atoms. The lowest BCUT2D eigenvalue weighted by Gasteiger charge is -2.16. The molecular formula is C21H16ClF3N4OS.